The highest BCUT2D eigenvalue weighted by molar-refractivity contribution is 7.09. The van der Waals surface area contributed by atoms with E-state index in [1.54, 1.807) is 17.4 Å². The molecule has 1 aromatic heterocycles. The van der Waals surface area contributed by atoms with Crippen LogP contribution in [0.25, 0.3) is 0 Å². The number of benzene rings is 1. The summed E-state index contributed by atoms with van der Waals surface area (Å²) in [6.07, 6.45) is 4.14. The molecule has 3 N–H and O–H groups in total. The Morgan fingerprint density at radius 1 is 1.32 bits per heavy atom. The van der Waals surface area contributed by atoms with E-state index in [0.717, 1.165) is 41.9 Å². The molecule has 116 valence electrons. The Labute approximate surface area is 134 Å². The Morgan fingerprint density at radius 3 is 2.68 bits per heavy atom. The molecule has 0 atom stereocenters. The molecular weight excluding hydrogens is 294 g/mol. The quantitative estimate of drug-likeness (QED) is 0.851. The molecule has 0 spiro atoms. The van der Waals surface area contributed by atoms with E-state index >= 15 is 0 Å². The van der Waals surface area contributed by atoms with Gasteiger partial charge >= 0.3 is 0 Å². The van der Waals surface area contributed by atoms with Gasteiger partial charge < -0.3 is 11.1 Å². The van der Waals surface area contributed by atoms with E-state index in [1.165, 1.54) is 0 Å². The predicted molar refractivity (Wildman–Crippen MR) is 90.1 cm³/mol. The van der Waals surface area contributed by atoms with E-state index in [9.17, 15) is 4.79 Å². The van der Waals surface area contributed by atoms with Gasteiger partial charge in [-0.3, -0.25) is 4.79 Å². The number of aromatic nitrogens is 1. The fraction of sp³-hybridized carbons (Fsp3) is 0.412. The van der Waals surface area contributed by atoms with Crippen molar-refractivity contribution in [2.24, 2.45) is 0 Å². The number of nitrogen functional groups attached to an aromatic ring is 1. The minimum Gasteiger partial charge on any atom is -0.399 e. The van der Waals surface area contributed by atoms with Crippen LogP contribution in [-0.4, -0.2) is 10.9 Å². The van der Waals surface area contributed by atoms with Crippen LogP contribution in [0.3, 0.4) is 0 Å². The van der Waals surface area contributed by atoms with Crippen LogP contribution < -0.4 is 11.1 Å². The first-order valence-electron chi connectivity index (χ1n) is 7.61. The summed E-state index contributed by atoms with van der Waals surface area (Å²) in [6, 6.07) is 5.46. The fourth-order valence-corrected chi connectivity index (χ4v) is 4.13. The van der Waals surface area contributed by atoms with Crippen molar-refractivity contribution in [2.45, 2.75) is 45.1 Å². The van der Waals surface area contributed by atoms with Gasteiger partial charge in [-0.15, -0.1) is 11.3 Å². The molecule has 0 radical (unpaired) electrons. The molecule has 1 amide bonds. The first kappa shape index (κ1) is 15.0. The van der Waals surface area contributed by atoms with Gasteiger partial charge in [0.05, 0.1) is 5.54 Å². The Kier molecular flexibility index (Phi) is 3.91. The van der Waals surface area contributed by atoms with Crippen LogP contribution in [0.1, 0.15) is 52.3 Å². The monoisotopic (exact) mass is 315 g/mol. The van der Waals surface area contributed by atoms with Crippen LogP contribution in [-0.2, 0) is 5.54 Å². The van der Waals surface area contributed by atoms with Crippen LogP contribution in [0.4, 0.5) is 5.69 Å². The lowest BCUT2D eigenvalue weighted by atomic mass is 9.97. The molecule has 1 saturated carbocycles. The zero-order chi connectivity index (χ0) is 15.7. The van der Waals surface area contributed by atoms with E-state index in [0.29, 0.717) is 11.3 Å². The molecule has 2 aromatic rings. The molecule has 0 bridgehead atoms. The summed E-state index contributed by atoms with van der Waals surface area (Å²) in [5, 5.41) is 6.33. The second-order valence-electron chi connectivity index (χ2n) is 6.11. The highest BCUT2D eigenvalue weighted by Crippen LogP contribution is 2.40. The van der Waals surface area contributed by atoms with E-state index in [2.05, 4.69) is 10.3 Å². The Hall–Kier alpha value is -1.88. The smallest absolute Gasteiger partial charge is 0.252 e. The fourth-order valence-electron chi connectivity index (χ4n) is 3.11. The van der Waals surface area contributed by atoms with Crippen LogP contribution in [0.5, 0.6) is 0 Å². The molecule has 1 aromatic carbocycles. The molecule has 0 saturated heterocycles. The Morgan fingerprint density at radius 2 is 2.05 bits per heavy atom. The highest BCUT2D eigenvalue weighted by Gasteiger charge is 2.39. The third-order valence-corrected chi connectivity index (χ3v) is 5.51. The Bertz CT molecular complexity index is 702. The average Bonchev–Trinajstić information content (AvgIpc) is 3.11. The number of aryl methyl sites for hydroxylation is 2. The second-order valence-corrected chi connectivity index (χ2v) is 6.97. The summed E-state index contributed by atoms with van der Waals surface area (Å²) in [5.41, 5.74) is 8.74. The van der Waals surface area contributed by atoms with Gasteiger partial charge in [0.25, 0.3) is 5.91 Å². The molecule has 4 nitrogen and oxygen atoms in total. The van der Waals surface area contributed by atoms with Gasteiger partial charge in [0, 0.05) is 22.3 Å². The maximum atomic E-state index is 12.8. The molecule has 22 heavy (non-hydrogen) atoms. The topological polar surface area (TPSA) is 68.0 Å². The number of nitrogens with one attached hydrogen (secondary N) is 1. The lowest BCUT2D eigenvalue weighted by Gasteiger charge is -2.28. The number of hydrogen-bond acceptors (Lipinski definition) is 4. The lowest BCUT2D eigenvalue weighted by molar-refractivity contribution is 0.0897. The maximum Gasteiger partial charge on any atom is 0.252 e. The van der Waals surface area contributed by atoms with Gasteiger partial charge in [0.1, 0.15) is 5.01 Å². The van der Waals surface area contributed by atoms with Gasteiger partial charge in [-0.1, -0.05) is 18.9 Å². The van der Waals surface area contributed by atoms with Crippen molar-refractivity contribution in [1.29, 1.82) is 0 Å². The second kappa shape index (κ2) is 5.72. The number of nitrogens with two attached hydrogens (primary N) is 1. The van der Waals surface area contributed by atoms with Crippen molar-refractivity contribution in [3.8, 4) is 0 Å². The minimum absolute atomic E-state index is 0.0560. The SMILES string of the molecule is Cc1csc(C2(NC(=O)c3cc(N)ccc3C)CCCC2)n1. The summed E-state index contributed by atoms with van der Waals surface area (Å²) < 4.78 is 0. The first-order valence-corrected chi connectivity index (χ1v) is 8.49. The van der Waals surface area contributed by atoms with Gasteiger partial charge in [-0.05, 0) is 44.4 Å². The number of anilines is 1. The number of thiazole rings is 1. The van der Waals surface area contributed by atoms with Crippen molar-refractivity contribution in [2.75, 3.05) is 5.73 Å². The lowest BCUT2D eigenvalue weighted by Crippen LogP contribution is -2.44. The van der Waals surface area contributed by atoms with Crippen LogP contribution >= 0.6 is 11.3 Å². The van der Waals surface area contributed by atoms with Gasteiger partial charge in [-0.25, -0.2) is 4.98 Å². The molecule has 0 aliphatic heterocycles. The standard InChI is InChI=1S/C17H21N3OS/c1-11-5-6-13(18)9-14(11)15(21)20-17(7-3-4-8-17)16-19-12(2)10-22-16/h5-6,9-10H,3-4,7-8,18H2,1-2H3,(H,20,21). The zero-order valence-electron chi connectivity index (χ0n) is 13.0. The minimum atomic E-state index is -0.312. The van der Waals surface area contributed by atoms with E-state index < -0.39 is 0 Å². The Balaban J connectivity index is 1.91. The summed E-state index contributed by atoms with van der Waals surface area (Å²) in [4.78, 5) is 17.4. The molecule has 5 heteroatoms. The van der Waals surface area contributed by atoms with Crippen molar-refractivity contribution in [3.63, 3.8) is 0 Å². The zero-order valence-corrected chi connectivity index (χ0v) is 13.8. The number of nitrogens with zero attached hydrogens (tertiary/aromatic N) is 1. The van der Waals surface area contributed by atoms with Crippen molar-refractivity contribution in [1.82, 2.24) is 10.3 Å². The van der Waals surface area contributed by atoms with E-state index in [4.69, 9.17) is 5.73 Å². The largest absolute Gasteiger partial charge is 0.399 e. The van der Waals surface area contributed by atoms with Crippen molar-refractivity contribution in [3.05, 3.63) is 45.4 Å². The van der Waals surface area contributed by atoms with Crippen molar-refractivity contribution < 1.29 is 4.79 Å². The summed E-state index contributed by atoms with van der Waals surface area (Å²) in [5.74, 6) is -0.0560. The van der Waals surface area contributed by atoms with E-state index in [1.807, 2.05) is 31.4 Å². The van der Waals surface area contributed by atoms with Gasteiger partial charge in [0.2, 0.25) is 0 Å². The number of rotatable bonds is 3. The summed E-state index contributed by atoms with van der Waals surface area (Å²) in [6.45, 7) is 3.93. The third-order valence-electron chi connectivity index (χ3n) is 4.34. The number of amides is 1. The highest BCUT2D eigenvalue weighted by atomic mass is 32.1. The predicted octanol–water partition coefficient (Wildman–Crippen LogP) is 3.54. The number of hydrogen-bond donors (Lipinski definition) is 2. The van der Waals surface area contributed by atoms with Crippen LogP contribution in [0.2, 0.25) is 0 Å². The van der Waals surface area contributed by atoms with Gasteiger partial charge in [-0.2, -0.15) is 0 Å². The summed E-state index contributed by atoms with van der Waals surface area (Å²) >= 11 is 1.64. The molecule has 1 aliphatic rings. The molecule has 1 fully saturated rings. The number of carbonyl (C=O) groups excluding carboxylic acids is 1. The normalized spacial score (nSPS) is 16.6. The third kappa shape index (κ3) is 2.73. The number of carbonyl (C=O) groups is 1. The summed E-state index contributed by atoms with van der Waals surface area (Å²) in [7, 11) is 0. The van der Waals surface area contributed by atoms with Crippen LogP contribution in [0, 0.1) is 13.8 Å². The molecule has 0 unspecified atom stereocenters. The molecular formula is C17H21N3OS. The molecule has 1 aliphatic carbocycles. The first-order chi connectivity index (χ1) is 10.5. The van der Waals surface area contributed by atoms with Crippen LogP contribution in [0.15, 0.2) is 23.6 Å². The average molecular weight is 315 g/mol. The van der Waals surface area contributed by atoms with Gasteiger partial charge in [0.15, 0.2) is 0 Å². The maximum absolute atomic E-state index is 12.8. The van der Waals surface area contributed by atoms with E-state index in [-0.39, 0.29) is 11.4 Å². The molecule has 1 heterocycles. The van der Waals surface area contributed by atoms with Crippen molar-refractivity contribution >= 4 is 22.9 Å². The molecule has 3 rings (SSSR count).